The van der Waals surface area contributed by atoms with E-state index in [1.165, 1.54) is 6.92 Å². The SMILES string of the molecule is CCC(C)NC(=O)CN1CCN(C(=O)Nc2cccc(NC(C)=O)c2)CC1. The summed E-state index contributed by atoms with van der Waals surface area (Å²) in [6.45, 7) is 8.27. The van der Waals surface area contributed by atoms with E-state index >= 15 is 0 Å². The second-order valence-electron chi connectivity index (χ2n) is 6.83. The summed E-state index contributed by atoms with van der Waals surface area (Å²) >= 11 is 0. The average molecular weight is 375 g/mol. The maximum atomic E-state index is 12.4. The molecule has 0 bridgehead atoms. The van der Waals surface area contributed by atoms with Crippen LogP contribution in [0.15, 0.2) is 24.3 Å². The molecule has 1 aromatic carbocycles. The molecule has 1 heterocycles. The molecule has 0 aromatic heterocycles. The number of hydrogen-bond donors (Lipinski definition) is 3. The smallest absolute Gasteiger partial charge is 0.321 e. The molecule has 4 amide bonds. The van der Waals surface area contributed by atoms with Crippen LogP contribution in [0.4, 0.5) is 16.2 Å². The van der Waals surface area contributed by atoms with Gasteiger partial charge in [-0.3, -0.25) is 14.5 Å². The molecule has 1 aromatic rings. The topological polar surface area (TPSA) is 93.8 Å². The van der Waals surface area contributed by atoms with Gasteiger partial charge in [-0.1, -0.05) is 13.0 Å². The van der Waals surface area contributed by atoms with Crippen LogP contribution < -0.4 is 16.0 Å². The highest BCUT2D eigenvalue weighted by atomic mass is 16.2. The molecule has 3 N–H and O–H groups in total. The summed E-state index contributed by atoms with van der Waals surface area (Å²) < 4.78 is 0. The van der Waals surface area contributed by atoms with Gasteiger partial charge in [0, 0.05) is 50.5 Å². The molecule has 0 spiro atoms. The van der Waals surface area contributed by atoms with Gasteiger partial charge in [-0.25, -0.2) is 4.79 Å². The second kappa shape index (κ2) is 9.91. The van der Waals surface area contributed by atoms with E-state index in [2.05, 4.69) is 20.9 Å². The standard InChI is InChI=1S/C19H29N5O3/c1-4-14(2)20-18(26)13-23-8-10-24(11-9-23)19(27)22-17-7-5-6-16(12-17)21-15(3)25/h5-7,12,14H,4,8-11,13H2,1-3H3,(H,20,26)(H,21,25)(H,22,27). The Morgan fingerprint density at radius 1 is 1.07 bits per heavy atom. The molecule has 0 radical (unpaired) electrons. The van der Waals surface area contributed by atoms with Crippen LogP contribution in [0.25, 0.3) is 0 Å². The molecular formula is C19H29N5O3. The van der Waals surface area contributed by atoms with Gasteiger partial charge in [-0.15, -0.1) is 0 Å². The van der Waals surface area contributed by atoms with Gasteiger partial charge >= 0.3 is 6.03 Å². The second-order valence-corrected chi connectivity index (χ2v) is 6.83. The molecular weight excluding hydrogens is 346 g/mol. The Balaban J connectivity index is 1.79. The van der Waals surface area contributed by atoms with Crippen molar-refractivity contribution in [1.82, 2.24) is 15.1 Å². The summed E-state index contributed by atoms with van der Waals surface area (Å²) in [5.74, 6) is -0.135. The Morgan fingerprint density at radius 3 is 2.30 bits per heavy atom. The van der Waals surface area contributed by atoms with Gasteiger partial charge in [-0.05, 0) is 31.5 Å². The predicted octanol–water partition coefficient (Wildman–Crippen LogP) is 1.71. The summed E-state index contributed by atoms with van der Waals surface area (Å²) in [5, 5.41) is 8.50. The molecule has 1 aliphatic rings. The largest absolute Gasteiger partial charge is 0.353 e. The van der Waals surface area contributed by atoms with E-state index in [9.17, 15) is 14.4 Å². The van der Waals surface area contributed by atoms with Crippen LogP contribution in [0.3, 0.4) is 0 Å². The molecule has 8 nitrogen and oxygen atoms in total. The van der Waals surface area contributed by atoms with Crippen LogP contribution in [0.1, 0.15) is 27.2 Å². The van der Waals surface area contributed by atoms with E-state index in [0.29, 0.717) is 44.1 Å². The molecule has 1 saturated heterocycles. The Kier molecular flexibility index (Phi) is 7.60. The number of carbonyl (C=O) groups excluding carboxylic acids is 3. The quantitative estimate of drug-likeness (QED) is 0.706. The first-order valence-corrected chi connectivity index (χ1v) is 9.32. The Labute approximate surface area is 160 Å². The Bertz CT molecular complexity index is 671. The third-order valence-electron chi connectivity index (χ3n) is 4.48. The van der Waals surface area contributed by atoms with Gasteiger partial charge in [0.2, 0.25) is 11.8 Å². The number of amides is 4. The number of urea groups is 1. The Morgan fingerprint density at radius 2 is 1.70 bits per heavy atom. The van der Waals surface area contributed by atoms with Crippen molar-refractivity contribution in [3.63, 3.8) is 0 Å². The van der Waals surface area contributed by atoms with Crippen LogP contribution >= 0.6 is 0 Å². The minimum Gasteiger partial charge on any atom is -0.353 e. The number of carbonyl (C=O) groups is 3. The fourth-order valence-electron chi connectivity index (χ4n) is 2.82. The summed E-state index contributed by atoms with van der Waals surface area (Å²) in [7, 11) is 0. The van der Waals surface area contributed by atoms with Crippen molar-refractivity contribution < 1.29 is 14.4 Å². The van der Waals surface area contributed by atoms with E-state index in [-0.39, 0.29) is 23.9 Å². The molecule has 1 fully saturated rings. The van der Waals surface area contributed by atoms with E-state index in [0.717, 1.165) is 6.42 Å². The summed E-state index contributed by atoms with van der Waals surface area (Å²) in [6, 6.07) is 7.03. The first-order chi connectivity index (χ1) is 12.9. The summed E-state index contributed by atoms with van der Waals surface area (Å²) in [5.41, 5.74) is 1.26. The fourth-order valence-corrected chi connectivity index (χ4v) is 2.82. The van der Waals surface area contributed by atoms with Gasteiger partial charge in [0.25, 0.3) is 0 Å². The first kappa shape index (κ1) is 20.7. The normalized spacial score (nSPS) is 15.7. The number of piperazine rings is 1. The van der Waals surface area contributed by atoms with Gasteiger partial charge in [0.05, 0.1) is 6.54 Å². The number of rotatable bonds is 6. The summed E-state index contributed by atoms with van der Waals surface area (Å²) in [4.78, 5) is 39.3. The van der Waals surface area contributed by atoms with Gasteiger partial charge < -0.3 is 20.9 Å². The highest BCUT2D eigenvalue weighted by Crippen LogP contribution is 2.16. The van der Waals surface area contributed by atoms with Gasteiger partial charge in [0.15, 0.2) is 0 Å². The fraction of sp³-hybridized carbons (Fsp3) is 0.526. The molecule has 148 valence electrons. The van der Waals surface area contributed by atoms with E-state index in [1.807, 2.05) is 13.8 Å². The van der Waals surface area contributed by atoms with Crippen molar-refractivity contribution in [2.45, 2.75) is 33.2 Å². The van der Waals surface area contributed by atoms with Crippen LogP contribution in [-0.2, 0) is 9.59 Å². The van der Waals surface area contributed by atoms with Crippen molar-refractivity contribution in [3.8, 4) is 0 Å². The molecule has 1 aliphatic heterocycles. The lowest BCUT2D eigenvalue weighted by Crippen LogP contribution is -2.52. The van der Waals surface area contributed by atoms with E-state index in [4.69, 9.17) is 0 Å². The number of nitrogens with one attached hydrogen (secondary N) is 3. The minimum absolute atomic E-state index is 0.0250. The van der Waals surface area contributed by atoms with Gasteiger partial charge in [-0.2, -0.15) is 0 Å². The lowest BCUT2D eigenvalue weighted by molar-refractivity contribution is -0.123. The van der Waals surface area contributed by atoms with Crippen LogP contribution in [0, 0.1) is 0 Å². The van der Waals surface area contributed by atoms with E-state index < -0.39 is 0 Å². The zero-order valence-corrected chi connectivity index (χ0v) is 16.2. The molecule has 8 heteroatoms. The van der Waals surface area contributed by atoms with Crippen molar-refractivity contribution in [2.24, 2.45) is 0 Å². The van der Waals surface area contributed by atoms with Crippen molar-refractivity contribution in [2.75, 3.05) is 43.4 Å². The monoisotopic (exact) mass is 375 g/mol. The number of nitrogens with zero attached hydrogens (tertiary/aromatic N) is 2. The van der Waals surface area contributed by atoms with Crippen molar-refractivity contribution in [1.29, 1.82) is 0 Å². The molecule has 2 rings (SSSR count). The lowest BCUT2D eigenvalue weighted by atomic mass is 10.2. The molecule has 0 aliphatic carbocycles. The molecule has 1 unspecified atom stereocenters. The van der Waals surface area contributed by atoms with Crippen molar-refractivity contribution >= 4 is 29.2 Å². The third-order valence-corrected chi connectivity index (χ3v) is 4.48. The zero-order chi connectivity index (χ0) is 19.8. The maximum absolute atomic E-state index is 12.4. The van der Waals surface area contributed by atoms with Crippen molar-refractivity contribution in [3.05, 3.63) is 24.3 Å². The first-order valence-electron chi connectivity index (χ1n) is 9.32. The predicted molar refractivity (Wildman–Crippen MR) is 106 cm³/mol. The highest BCUT2D eigenvalue weighted by molar-refractivity contribution is 5.92. The molecule has 0 saturated carbocycles. The van der Waals surface area contributed by atoms with Crippen LogP contribution in [0.2, 0.25) is 0 Å². The molecule has 1 atom stereocenters. The zero-order valence-electron chi connectivity index (χ0n) is 16.2. The number of anilines is 2. The van der Waals surface area contributed by atoms with Gasteiger partial charge in [0.1, 0.15) is 0 Å². The number of hydrogen-bond acceptors (Lipinski definition) is 4. The van der Waals surface area contributed by atoms with Crippen LogP contribution in [0.5, 0.6) is 0 Å². The maximum Gasteiger partial charge on any atom is 0.321 e. The van der Waals surface area contributed by atoms with Crippen LogP contribution in [-0.4, -0.2) is 66.4 Å². The average Bonchev–Trinajstić information content (AvgIpc) is 2.61. The van der Waals surface area contributed by atoms with E-state index in [1.54, 1.807) is 29.2 Å². The summed E-state index contributed by atoms with van der Waals surface area (Å²) in [6.07, 6.45) is 0.906. The minimum atomic E-state index is -0.182. The highest BCUT2D eigenvalue weighted by Gasteiger charge is 2.22. The third kappa shape index (κ3) is 6.90. The lowest BCUT2D eigenvalue weighted by Gasteiger charge is -2.34. The number of benzene rings is 1. The molecule has 27 heavy (non-hydrogen) atoms. The Hall–Kier alpha value is -2.61.